The number of hydrogen-bond acceptors (Lipinski definition) is 3. The second-order valence-electron chi connectivity index (χ2n) is 4.03. The third-order valence-corrected chi connectivity index (χ3v) is 4.35. The van der Waals surface area contributed by atoms with Crippen LogP contribution < -0.4 is 5.32 Å². The molecule has 2 N–H and O–H groups in total. The molecule has 1 aromatic rings. The van der Waals surface area contributed by atoms with Gasteiger partial charge in [-0.15, -0.1) is 0 Å². The van der Waals surface area contributed by atoms with Crippen LogP contribution in [0.25, 0.3) is 0 Å². The van der Waals surface area contributed by atoms with Gasteiger partial charge in [-0.3, -0.25) is 0 Å². The molecule has 1 aliphatic rings. The van der Waals surface area contributed by atoms with E-state index < -0.39 is 5.97 Å². The number of amides is 2. The zero-order valence-corrected chi connectivity index (χ0v) is 12.5. The number of hydrogen-bond donors (Lipinski definition) is 2. The summed E-state index contributed by atoms with van der Waals surface area (Å²) < 4.78 is 0.562. The van der Waals surface area contributed by atoms with Gasteiger partial charge in [-0.1, -0.05) is 0 Å². The van der Waals surface area contributed by atoms with Gasteiger partial charge in [0, 0.05) is 29.1 Å². The van der Waals surface area contributed by atoms with Crippen molar-refractivity contribution in [3.8, 4) is 0 Å². The molecule has 0 aromatic heterocycles. The molecule has 0 saturated carbocycles. The molecule has 0 spiro atoms. The number of carboxylic acids is 1. The van der Waals surface area contributed by atoms with Crippen molar-refractivity contribution >= 4 is 45.4 Å². The Kier molecular flexibility index (Phi) is 4.71. The maximum atomic E-state index is 12.0. The lowest BCUT2D eigenvalue weighted by Gasteiger charge is -2.26. The number of anilines is 1. The molecular weight excluding hydrogens is 332 g/mol. The molecule has 19 heavy (non-hydrogen) atoms. The molecule has 1 fully saturated rings. The average molecular weight is 345 g/mol. The summed E-state index contributed by atoms with van der Waals surface area (Å²) in [4.78, 5) is 24.6. The monoisotopic (exact) mass is 344 g/mol. The normalized spacial score (nSPS) is 15.1. The molecule has 0 unspecified atom stereocenters. The maximum Gasteiger partial charge on any atom is 0.335 e. The molecule has 0 atom stereocenters. The van der Waals surface area contributed by atoms with Gasteiger partial charge in [0.05, 0.1) is 11.3 Å². The van der Waals surface area contributed by atoms with Gasteiger partial charge in [-0.2, -0.15) is 11.8 Å². The topological polar surface area (TPSA) is 69.6 Å². The Balaban J connectivity index is 2.06. The second-order valence-corrected chi connectivity index (χ2v) is 6.11. The maximum absolute atomic E-state index is 12.0. The first-order valence-electron chi connectivity index (χ1n) is 5.74. The number of urea groups is 1. The minimum absolute atomic E-state index is 0.149. The Hall–Kier alpha value is -1.21. The summed E-state index contributed by atoms with van der Waals surface area (Å²) >= 11 is 5.10. The van der Waals surface area contributed by atoms with Crippen molar-refractivity contribution in [1.82, 2.24) is 4.90 Å². The van der Waals surface area contributed by atoms with Crippen LogP contribution in [0.15, 0.2) is 22.7 Å². The third-order valence-electron chi connectivity index (χ3n) is 2.76. The summed E-state index contributed by atoms with van der Waals surface area (Å²) in [6, 6.07) is 4.38. The highest BCUT2D eigenvalue weighted by atomic mass is 79.9. The molecule has 1 aromatic carbocycles. The minimum atomic E-state index is -0.994. The van der Waals surface area contributed by atoms with E-state index in [9.17, 15) is 9.59 Å². The molecule has 2 rings (SSSR count). The highest BCUT2D eigenvalue weighted by Crippen LogP contribution is 2.24. The summed E-state index contributed by atoms with van der Waals surface area (Å²) in [6.07, 6.45) is 0. The van der Waals surface area contributed by atoms with E-state index in [4.69, 9.17) is 5.11 Å². The summed E-state index contributed by atoms with van der Waals surface area (Å²) in [5.41, 5.74) is 0.757. The zero-order valence-electron chi connectivity index (χ0n) is 10.1. The molecule has 2 amide bonds. The standard InChI is InChI=1S/C12H13BrN2O3S/c13-9-7-8(11(16)17)1-2-10(9)14-12(18)15-3-5-19-6-4-15/h1-2,7H,3-6H2,(H,14,18)(H,16,17). The van der Waals surface area contributed by atoms with E-state index in [-0.39, 0.29) is 11.6 Å². The quantitative estimate of drug-likeness (QED) is 0.865. The number of carbonyl (C=O) groups is 2. The van der Waals surface area contributed by atoms with Crippen LogP contribution in [-0.2, 0) is 0 Å². The predicted octanol–water partition coefficient (Wildman–Crippen LogP) is 2.73. The number of carboxylic acid groups (broad SMARTS) is 1. The first-order chi connectivity index (χ1) is 9.08. The van der Waals surface area contributed by atoms with E-state index in [1.165, 1.54) is 12.1 Å². The number of nitrogens with zero attached hydrogens (tertiary/aromatic N) is 1. The Morgan fingerprint density at radius 3 is 2.58 bits per heavy atom. The summed E-state index contributed by atoms with van der Waals surface area (Å²) in [5, 5.41) is 11.7. The fraction of sp³-hybridized carbons (Fsp3) is 0.333. The lowest BCUT2D eigenvalue weighted by Crippen LogP contribution is -2.40. The highest BCUT2D eigenvalue weighted by molar-refractivity contribution is 9.10. The van der Waals surface area contributed by atoms with E-state index in [1.807, 2.05) is 11.8 Å². The van der Waals surface area contributed by atoms with Crippen molar-refractivity contribution in [2.24, 2.45) is 0 Å². The van der Waals surface area contributed by atoms with Crippen LogP contribution in [0.4, 0.5) is 10.5 Å². The van der Waals surface area contributed by atoms with Crippen LogP contribution in [0.3, 0.4) is 0 Å². The third kappa shape index (κ3) is 3.63. The lowest BCUT2D eigenvalue weighted by molar-refractivity contribution is 0.0697. The smallest absolute Gasteiger partial charge is 0.335 e. The molecule has 0 bridgehead atoms. The van der Waals surface area contributed by atoms with E-state index in [2.05, 4.69) is 21.2 Å². The SMILES string of the molecule is O=C(O)c1ccc(NC(=O)N2CCSCC2)c(Br)c1. The Morgan fingerprint density at radius 1 is 1.32 bits per heavy atom. The number of halogens is 1. The van der Waals surface area contributed by atoms with Gasteiger partial charge in [0.2, 0.25) is 0 Å². The molecule has 5 nitrogen and oxygen atoms in total. The van der Waals surface area contributed by atoms with Gasteiger partial charge in [0.1, 0.15) is 0 Å². The fourth-order valence-corrected chi connectivity index (χ4v) is 3.09. The van der Waals surface area contributed by atoms with Gasteiger partial charge in [0.25, 0.3) is 0 Å². The van der Waals surface area contributed by atoms with Crippen molar-refractivity contribution in [1.29, 1.82) is 0 Å². The first kappa shape index (κ1) is 14.2. The summed E-state index contributed by atoms with van der Waals surface area (Å²) in [6.45, 7) is 1.47. The second kappa shape index (κ2) is 6.29. The largest absolute Gasteiger partial charge is 0.478 e. The Labute approximate surface area is 123 Å². The van der Waals surface area contributed by atoms with E-state index in [0.717, 1.165) is 24.6 Å². The van der Waals surface area contributed by atoms with Crippen molar-refractivity contribution in [2.75, 3.05) is 29.9 Å². The zero-order chi connectivity index (χ0) is 13.8. The number of rotatable bonds is 2. The molecule has 1 heterocycles. The van der Waals surface area contributed by atoms with Crippen molar-refractivity contribution in [3.05, 3.63) is 28.2 Å². The van der Waals surface area contributed by atoms with Crippen LogP contribution in [0.5, 0.6) is 0 Å². The average Bonchev–Trinajstić information content (AvgIpc) is 2.41. The van der Waals surface area contributed by atoms with E-state index >= 15 is 0 Å². The van der Waals surface area contributed by atoms with Crippen LogP contribution in [0.1, 0.15) is 10.4 Å². The number of carbonyl (C=O) groups excluding carboxylic acids is 1. The van der Waals surface area contributed by atoms with Crippen LogP contribution in [0.2, 0.25) is 0 Å². The van der Waals surface area contributed by atoms with Gasteiger partial charge >= 0.3 is 12.0 Å². The molecule has 1 aliphatic heterocycles. The van der Waals surface area contributed by atoms with Crippen LogP contribution in [0, 0.1) is 0 Å². The molecule has 7 heteroatoms. The summed E-state index contributed by atoms with van der Waals surface area (Å²) in [7, 11) is 0. The lowest BCUT2D eigenvalue weighted by atomic mass is 10.2. The Bertz CT molecular complexity index is 504. The van der Waals surface area contributed by atoms with Crippen molar-refractivity contribution in [3.63, 3.8) is 0 Å². The molecule has 102 valence electrons. The predicted molar refractivity (Wildman–Crippen MR) is 79.0 cm³/mol. The van der Waals surface area contributed by atoms with Gasteiger partial charge in [-0.25, -0.2) is 9.59 Å². The number of thioether (sulfide) groups is 1. The highest BCUT2D eigenvalue weighted by Gasteiger charge is 2.17. The van der Waals surface area contributed by atoms with Gasteiger partial charge in [-0.05, 0) is 34.1 Å². The van der Waals surface area contributed by atoms with Crippen LogP contribution >= 0.6 is 27.7 Å². The van der Waals surface area contributed by atoms with Gasteiger partial charge in [0.15, 0.2) is 0 Å². The summed E-state index contributed by atoms with van der Waals surface area (Å²) in [5.74, 6) is 0.908. The first-order valence-corrected chi connectivity index (χ1v) is 7.69. The number of benzene rings is 1. The molecule has 1 saturated heterocycles. The molecule has 0 aliphatic carbocycles. The van der Waals surface area contributed by atoms with E-state index in [1.54, 1.807) is 11.0 Å². The Morgan fingerprint density at radius 2 is 2.00 bits per heavy atom. The van der Waals surface area contributed by atoms with E-state index in [0.29, 0.717) is 10.2 Å². The van der Waals surface area contributed by atoms with Crippen molar-refractivity contribution in [2.45, 2.75) is 0 Å². The van der Waals surface area contributed by atoms with Crippen LogP contribution in [-0.4, -0.2) is 46.6 Å². The molecular formula is C12H13BrN2O3S. The number of aromatic carboxylic acids is 1. The van der Waals surface area contributed by atoms with Crippen molar-refractivity contribution < 1.29 is 14.7 Å². The number of nitrogens with one attached hydrogen (secondary N) is 1. The molecule has 0 radical (unpaired) electrons. The van der Waals surface area contributed by atoms with Gasteiger partial charge < -0.3 is 15.3 Å². The minimum Gasteiger partial charge on any atom is -0.478 e. The fourth-order valence-electron chi connectivity index (χ4n) is 1.71.